The van der Waals surface area contributed by atoms with Crippen molar-refractivity contribution in [1.82, 2.24) is 0 Å². The van der Waals surface area contributed by atoms with E-state index in [1.807, 2.05) is 0 Å². The highest BCUT2D eigenvalue weighted by molar-refractivity contribution is 6.27. The van der Waals surface area contributed by atoms with E-state index in [1.54, 1.807) is 0 Å². The highest BCUT2D eigenvalue weighted by Crippen LogP contribution is 1.92. The minimum atomic E-state index is -0.861. The van der Waals surface area contributed by atoms with Crippen LogP contribution in [0.25, 0.3) is 0 Å². The molecule has 0 atom stereocenters. The second-order valence-corrected chi connectivity index (χ2v) is 0.749. The van der Waals surface area contributed by atoms with Gasteiger partial charge in [0.2, 0.25) is 0 Å². The van der Waals surface area contributed by atoms with E-state index in [9.17, 15) is 4.39 Å². The molecule has 0 aliphatic carbocycles. The van der Waals surface area contributed by atoms with Gasteiger partial charge in [-0.2, -0.15) is 4.39 Å². The van der Waals surface area contributed by atoms with E-state index in [1.165, 1.54) is 0 Å². The summed E-state index contributed by atoms with van der Waals surface area (Å²) in [6, 6.07) is 0. The van der Waals surface area contributed by atoms with Crippen LogP contribution in [0.4, 0.5) is 9.09 Å². The van der Waals surface area contributed by atoms with E-state index >= 15 is 0 Å². The first-order chi connectivity index (χ1) is 1.73. The normalized spacial score (nSPS) is 5.20. The average molecular weight is 100 g/mol. The van der Waals surface area contributed by atoms with Gasteiger partial charge in [0.15, 0.2) is 5.29 Å². The molecule has 0 spiro atoms. The lowest BCUT2D eigenvalue weighted by Crippen LogP contribution is -1.28. The molecule has 0 aromatic carbocycles. The molecule has 0 N–H and O–H groups in total. The van der Waals surface area contributed by atoms with Crippen LogP contribution in [0.3, 0.4) is 0 Å². The first-order valence-corrected chi connectivity index (χ1v) is 1.11. The fraction of sp³-hybridized carbons (Fsp3) is 0. The number of hydrogen-bond acceptors (Lipinski definition) is 0. The van der Waals surface area contributed by atoms with Crippen LogP contribution in [-0.2, 0) is 0 Å². The largest absolute Gasteiger partial charge is 0.269 e. The molecule has 0 rings (SSSR count). The molecule has 32 valence electrons. The van der Waals surface area contributed by atoms with Crippen molar-refractivity contribution in [3.05, 3.63) is 11.9 Å². The van der Waals surface area contributed by atoms with Crippen LogP contribution in [0.2, 0.25) is 0 Å². The molecule has 0 fully saturated rings. The summed E-state index contributed by atoms with van der Waals surface area (Å²) in [7, 11) is 0. The molecule has 0 bridgehead atoms. The molecular weight excluding hydrogens is 97.5 g/mol. The molecule has 0 unspecified atom stereocenters. The van der Waals surface area contributed by atoms with Crippen LogP contribution >= 0.6 is 11.6 Å². The van der Waals surface area contributed by atoms with Crippen molar-refractivity contribution in [1.29, 1.82) is 0 Å². The van der Waals surface area contributed by atoms with Gasteiger partial charge in [-0.3, -0.25) is 4.70 Å². The Morgan fingerprint density at radius 1 is 1.80 bits per heavy atom. The third-order valence-electron chi connectivity index (χ3n) is 0. The highest BCUT2D eigenvalue weighted by Gasteiger charge is 1.63. The predicted molar refractivity (Wildman–Crippen MR) is 18.6 cm³/mol. The van der Waals surface area contributed by atoms with E-state index in [0.717, 1.165) is 0 Å². The van der Waals surface area contributed by atoms with Crippen molar-refractivity contribution in [3.63, 3.8) is 0 Å². The molecule has 0 heterocycles. The lowest BCUT2D eigenvalue weighted by molar-refractivity contribution is 0.699. The zero-order valence-electron chi connectivity index (χ0n) is 2.37. The standard InChI is InChI=1S/C2H2ClF.FH/c1-2(3)4;/h1H2;1H. The smallest absolute Gasteiger partial charge is 0.181 e. The Hall–Kier alpha value is -0.110. The third-order valence-corrected chi connectivity index (χ3v) is 0. The Kier molecular flexibility index (Phi) is 6.89. The van der Waals surface area contributed by atoms with E-state index in [4.69, 9.17) is 0 Å². The Labute approximate surface area is 33.6 Å². The Morgan fingerprint density at radius 3 is 1.80 bits per heavy atom. The van der Waals surface area contributed by atoms with Crippen molar-refractivity contribution < 1.29 is 9.09 Å². The van der Waals surface area contributed by atoms with Crippen LogP contribution in [0, 0.1) is 0 Å². The zero-order valence-corrected chi connectivity index (χ0v) is 3.13. The summed E-state index contributed by atoms with van der Waals surface area (Å²) in [4.78, 5) is 0. The summed E-state index contributed by atoms with van der Waals surface area (Å²) >= 11 is 4.41. The van der Waals surface area contributed by atoms with Gasteiger partial charge in [-0.05, 0) is 0 Å². The van der Waals surface area contributed by atoms with Gasteiger partial charge in [0, 0.05) is 0 Å². The molecule has 0 saturated heterocycles. The number of halogens is 3. The van der Waals surface area contributed by atoms with Crippen LogP contribution in [-0.4, -0.2) is 0 Å². The van der Waals surface area contributed by atoms with Crippen LogP contribution in [0.15, 0.2) is 11.9 Å². The highest BCUT2D eigenvalue weighted by atomic mass is 35.5. The SMILES string of the molecule is C=C(F)Cl.F. The summed E-state index contributed by atoms with van der Waals surface area (Å²) in [5, 5.41) is -0.861. The first-order valence-electron chi connectivity index (χ1n) is 0.732. The molecule has 0 aliphatic heterocycles. The molecule has 0 radical (unpaired) electrons. The lowest BCUT2D eigenvalue weighted by atomic mass is 11.2. The maximum Gasteiger partial charge on any atom is 0.181 e. The van der Waals surface area contributed by atoms with Gasteiger partial charge >= 0.3 is 0 Å². The lowest BCUT2D eigenvalue weighted by Gasteiger charge is -1.55. The van der Waals surface area contributed by atoms with E-state index in [0.29, 0.717) is 0 Å². The first kappa shape index (κ1) is 8.86. The van der Waals surface area contributed by atoms with E-state index in [2.05, 4.69) is 18.2 Å². The maximum atomic E-state index is 10.6. The molecule has 0 saturated carbocycles. The number of rotatable bonds is 0. The summed E-state index contributed by atoms with van der Waals surface area (Å²) in [5.74, 6) is 0. The van der Waals surface area contributed by atoms with Crippen LogP contribution in [0.1, 0.15) is 0 Å². The average Bonchev–Trinajstić information content (AvgIpc) is 0.811. The Balaban J connectivity index is 0. The topological polar surface area (TPSA) is 0 Å². The molecule has 0 amide bonds. The summed E-state index contributed by atoms with van der Waals surface area (Å²) in [6.07, 6.45) is 0. The molecule has 0 aromatic heterocycles. The Bertz CT molecular complexity index is 30.6. The molecule has 0 nitrogen and oxygen atoms in total. The molecule has 0 aromatic rings. The van der Waals surface area contributed by atoms with Gasteiger partial charge in [-0.15, -0.1) is 0 Å². The predicted octanol–water partition coefficient (Wildman–Crippen LogP) is 1.82. The number of hydrogen-bond donors (Lipinski definition) is 0. The summed E-state index contributed by atoms with van der Waals surface area (Å²) in [5.41, 5.74) is 0. The monoisotopic (exact) mass is 100.0 g/mol. The van der Waals surface area contributed by atoms with Crippen molar-refractivity contribution >= 4 is 11.6 Å². The second-order valence-electron chi connectivity index (χ2n) is 0.339. The van der Waals surface area contributed by atoms with Gasteiger partial charge in [0.05, 0.1) is 0 Å². The minimum absolute atomic E-state index is 0. The van der Waals surface area contributed by atoms with Crippen molar-refractivity contribution in [2.75, 3.05) is 0 Å². The van der Waals surface area contributed by atoms with Crippen molar-refractivity contribution in [2.24, 2.45) is 0 Å². The zero-order chi connectivity index (χ0) is 3.58. The van der Waals surface area contributed by atoms with Gasteiger partial charge in [-0.1, -0.05) is 18.2 Å². The minimum Gasteiger partial charge on any atom is -0.269 e. The maximum absolute atomic E-state index is 10.6. The molecule has 3 heteroatoms. The van der Waals surface area contributed by atoms with Crippen molar-refractivity contribution in [2.45, 2.75) is 0 Å². The summed E-state index contributed by atoms with van der Waals surface area (Å²) < 4.78 is 10.6. The van der Waals surface area contributed by atoms with Crippen LogP contribution in [0.5, 0.6) is 0 Å². The van der Waals surface area contributed by atoms with Gasteiger partial charge in [-0.25, -0.2) is 0 Å². The Morgan fingerprint density at radius 2 is 1.80 bits per heavy atom. The molecule has 5 heavy (non-hydrogen) atoms. The summed E-state index contributed by atoms with van der Waals surface area (Å²) in [6.45, 7) is 2.65. The fourth-order valence-electron chi connectivity index (χ4n) is 0. The third kappa shape index (κ3) is 1150. The molecular formula is C2H3ClF2. The van der Waals surface area contributed by atoms with Gasteiger partial charge < -0.3 is 0 Å². The van der Waals surface area contributed by atoms with E-state index in [-0.39, 0.29) is 4.70 Å². The second kappa shape index (κ2) is 3.89. The van der Waals surface area contributed by atoms with Crippen LogP contribution < -0.4 is 0 Å². The van der Waals surface area contributed by atoms with E-state index < -0.39 is 5.29 Å². The van der Waals surface area contributed by atoms with Gasteiger partial charge in [0.25, 0.3) is 0 Å². The van der Waals surface area contributed by atoms with Crippen molar-refractivity contribution in [3.8, 4) is 0 Å². The molecule has 0 aliphatic rings. The quantitative estimate of drug-likeness (QED) is 0.436. The van der Waals surface area contributed by atoms with Gasteiger partial charge in [0.1, 0.15) is 0 Å². The fourth-order valence-corrected chi connectivity index (χ4v) is 0.